The molecule has 0 aromatic heterocycles. The molecule has 1 heterocycles. The number of nitrogens with zero attached hydrogens (tertiary/aromatic N) is 1. The predicted molar refractivity (Wildman–Crippen MR) is 178 cm³/mol. The lowest BCUT2D eigenvalue weighted by Crippen LogP contribution is -2.52. The van der Waals surface area contributed by atoms with Crippen molar-refractivity contribution < 1.29 is 21.9 Å². The number of allylic oxidation sites excluding steroid dienone is 5. The first-order valence-corrected chi connectivity index (χ1v) is 15.6. The van der Waals surface area contributed by atoms with Gasteiger partial charge in [0.05, 0.1) is 0 Å². The molecule has 1 saturated heterocycles. The number of nitrogens with two attached hydrogens (primary N) is 1. The van der Waals surface area contributed by atoms with Gasteiger partial charge in [0, 0.05) is 31.1 Å². The van der Waals surface area contributed by atoms with Crippen LogP contribution in [0.25, 0.3) is 0 Å². The van der Waals surface area contributed by atoms with Crippen molar-refractivity contribution in [3.63, 3.8) is 0 Å². The highest BCUT2D eigenvalue weighted by molar-refractivity contribution is 6.20. The molecular weight excluding hydrogens is 538 g/mol. The molecule has 0 saturated carbocycles. The van der Waals surface area contributed by atoms with Crippen LogP contribution in [0.15, 0.2) is 34.9 Å². The maximum absolute atomic E-state index is 6.38. The summed E-state index contributed by atoms with van der Waals surface area (Å²) in [5, 5.41) is 4.39. The Morgan fingerprint density at radius 2 is 1.71 bits per heavy atom. The highest BCUT2D eigenvalue weighted by Crippen LogP contribution is 2.43. The molecule has 0 aromatic rings. The Bertz CT molecular complexity index is 829. The Morgan fingerprint density at radius 1 is 0.976 bits per heavy atom. The molecule has 3 unspecified atom stereocenters. The summed E-state index contributed by atoms with van der Waals surface area (Å²) in [4.78, 5) is 2.75. The van der Waals surface area contributed by atoms with E-state index in [4.69, 9.17) is 17.3 Å². The zero-order valence-corrected chi connectivity index (χ0v) is 26.5. The molecule has 0 spiro atoms. The summed E-state index contributed by atoms with van der Waals surface area (Å²) in [5.41, 5.74) is 11.2. The van der Waals surface area contributed by atoms with E-state index in [9.17, 15) is 0 Å². The van der Waals surface area contributed by atoms with Crippen LogP contribution in [0.2, 0.25) is 0 Å². The van der Waals surface area contributed by atoms with Gasteiger partial charge in [0.1, 0.15) is 0 Å². The van der Waals surface area contributed by atoms with Gasteiger partial charge in [-0.1, -0.05) is 58.9 Å². The van der Waals surface area contributed by atoms with Gasteiger partial charge in [0.25, 0.3) is 0 Å². The third-order valence-corrected chi connectivity index (χ3v) is 10.2. The van der Waals surface area contributed by atoms with Crippen molar-refractivity contribution >= 4 is 11.6 Å². The first-order valence-electron chi connectivity index (χ1n) is 15.1. The number of halogens is 1. The number of piperidine rings is 1. The number of hydrogen-bond donors (Lipinski definition) is 2. The third-order valence-electron chi connectivity index (χ3n) is 9.76. The first kappa shape index (κ1) is 42.4. The molecule has 3 aliphatic carbocycles. The Kier molecular flexibility index (Phi) is 20.1. The molecule has 41 heavy (non-hydrogen) atoms. The molecule has 8 heteroatoms. The SMILES string of the molecule is C.CC(C)[C@H](CN1CC[C@H](C2=CCC(Cl)CC2)C(C)(C)C1)NCC1C=C(C2=CCC(CN)CC2)CCC1.O.O.O.O. The monoisotopic (exact) mass is 603 g/mol. The Morgan fingerprint density at radius 3 is 2.27 bits per heavy atom. The van der Waals surface area contributed by atoms with E-state index in [1.807, 2.05) is 0 Å². The maximum atomic E-state index is 6.38. The van der Waals surface area contributed by atoms with Gasteiger partial charge in [0.15, 0.2) is 0 Å². The summed E-state index contributed by atoms with van der Waals surface area (Å²) >= 11 is 6.38. The van der Waals surface area contributed by atoms with Crippen LogP contribution in [0.4, 0.5) is 0 Å². The fraction of sp³-hybridized carbons (Fsp3) is 0.818. The molecule has 0 bridgehead atoms. The van der Waals surface area contributed by atoms with Crippen molar-refractivity contribution in [1.29, 1.82) is 0 Å². The van der Waals surface area contributed by atoms with E-state index in [1.165, 1.54) is 71.0 Å². The second-order valence-corrected chi connectivity index (χ2v) is 14.0. The van der Waals surface area contributed by atoms with Gasteiger partial charge >= 0.3 is 0 Å². The minimum Gasteiger partial charge on any atom is -0.412 e. The van der Waals surface area contributed by atoms with E-state index >= 15 is 0 Å². The average Bonchev–Trinajstić information content (AvgIpc) is 2.87. The van der Waals surface area contributed by atoms with Crippen LogP contribution in [-0.4, -0.2) is 70.9 Å². The molecule has 7 nitrogen and oxygen atoms in total. The van der Waals surface area contributed by atoms with Crippen molar-refractivity contribution in [1.82, 2.24) is 10.2 Å². The summed E-state index contributed by atoms with van der Waals surface area (Å²) in [6.45, 7) is 15.4. The number of hydrogen-bond acceptors (Lipinski definition) is 3. The molecule has 1 aliphatic heterocycles. The van der Waals surface area contributed by atoms with Crippen molar-refractivity contribution in [3.05, 3.63) is 34.9 Å². The second kappa shape index (κ2) is 19.5. The fourth-order valence-corrected chi connectivity index (χ4v) is 7.57. The normalized spacial score (nSPS) is 28.6. The average molecular weight is 604 g/mol. The molecular formula is C33H66ClN3O4. The lowest BCUT2D eigenvalue weighted by atomic mass is 9.68. The van der Waals surface area contributed by atoms with Crippen LogP contribution >= 0.6 is 11.6 Å². The lowest BCUT2D eigenvalue weighted by Gasteiger charge is -2.47. The number of alkyl halides is 1. The summed E-state index contributed by atoms with van der Waals surface area (Å²) in [5.74, 6) is 2.75. The molecule has 0 amide bonds. The van der Waals surface area contributed by atoms with E-state index in [0.717, 1.165) is 31.8 Å². The summed E-state index contributed by atoms with van der Waals surface area (Å²) < 4.78 is 0. The molecule has 4 aliphatic rings. The lowest BCUT2D eigenvalue weighted by molar-refractivity contribution is 0.0595. The maximum Gasteiger partial charge on any atom is 0.0373 e. The van der Waals surface area contributed by atoms with Crippen LogP contribution in [0, 0.1) is 29.1 Å². The second-order valence-electron chi connectivity index (χ2n) is 13.4. The summed E-state index contributed by atoms with van der Waals surface area (Å²) in [6, 6.07) is 0.557. The van der Waals surface area contributed by atoms with Gasteiger partial charge in [-0.15, -0.1) is 11.6 Å². The van der Waals surface area contributed by atoms with Crippen LogP contribution in [0.5, 0.6) is 0 Å². The van der Waals surface area contributed by atoms with Crippen LogP contribution in [0.1, 0.15) is 99.3 Å². The zero-order chi connectivity index (χ0) is 25.7. The largest absolute Gasteiger partial charge is 0.412 e. The molecule has 244 valence electrons. The minimum absolute atomic E-state index is 0. The van der Waals surface area contributed by atoms with E-state index in [1.54, 1.807) is 16.7 Å². The Labute approximate surface area is 256 Å². The topological polar surface area (TPSA) is 167 Å². The first-order chi connectivity index (χ1) is 17.2. The summed E-state index contributed by atoms with van der Waals surface area (Å²) in [6.07, 6.45) is 20.0. The quantitative estimate of drug-likeness (QED) is 0.294. The van der Waals surface area contributed by atoms with Gasteiger partial charge in [-0.05, 0) is 118 Å². The zero-order valence-electron chi connectivity index (χ0n) is 25.7. The highest BCUT2D eigenvalue weighted by Gasteiger charge is 2.39. The van der Waals surface area contributed by atoms with Crippen molar-refractivity contribution in [2.75, 3.05) is 32.7 Å². The predicted octanol–water partition coefficient (Wildman–Crippen LogP) is 4.42. The molecule has 0 radical (unpaired) electrons. The van der Waals surface area contributed by atoms with Crippen molar-refractivity contribution in [2.45, 2.75) is 111 Å². The number of likely N-dealkylation sites (tertiary alicyclic amines) is 1. The Hall–Kier alpha value is -0.770. The van der Waals surface area contributed by atoms with E-state index < -0.39 is 0 Å². The van der Waals surface area contributed by atoms with Gasteiger partial charge in [0.2, 0.25) is 0 Å². The Balaban J connectivity index is 0. The third kappa shape index (κ3) is 11.7. The molecule has 5 atom stereocenters. The van der Waals surface area contributed by atoms with Crippen LogP contribution in [-0.2, 0) is 0 Å². The minimum atomic E-state index is 0. The van der Waals surface area contributed by atoms with E-state index in [2.05, 4.69) is 56.1 Å². The summed E-state index contributed by atoms with van der Waals surface area (Å²) in [7, 11) is 0. The van der Waals surface area contributed by atoms with Crippen LogP contribution < -0.4 is 11.1 Å². The number of rotatable bonds is 9. The highest BCUT2D eigenvalue weighted by atomic mass is 35.5. The van der Waals surface area contributed by atoms with Crippen LogP contribution in [0.3, 0.4) is 0 Å². The van der Waals surface area contributed by atoms with Gasteiger partial charge in [-0.25, -0.2) is 0 Å². The number of nitrogens with one attached hydrogen (secondary N) is 1. The van der Waals surface area contributed by atoms with Gasteiger partial charge < -0.3 is 37.9 Å². The standard InChI is InChI=1S/C32H54ClN3.CH4.4H2O/c1-23(2)31(21-36-17-16-30(32(3,4)22-36)27-12-14-29(33)15-13-27)35-20-25-6-5-7-28(18-25)26-10-8-24(19-34)9-11-26;;;;;/h10,12,18,23-25,29-31,35H,5-9,11,13-17,19-22,34H2,1-4H3;1H4;4*1H2/t24?,25?,29?,30-,31+;;;;;/m1...../s1. The molecule has 1 fully saturated rings. The van der Waals surface area contributed by atoms with E-state index in [-0.39, 0.29) is 29.3 Å². The van der Waals surface area contributed by atoms with Crippen molar-refractivity contribution in [3.8, 4) is 0 Å². The van der Waals surface area contributed by atoms with Gasteiger partial charge in [-0.3, -0.25) is 0 Å². The van der Waals surface area contributed by atoms with Crippen molar-refractivity contribution in [2.24, 2.45) is 34.8 Å². The van der Waals surface area contributed by atoms with E-state index in [0.29, 0.717) is 34.6 Å². The molecule has 11 N–H and O–H groups in total. The van der Waals surface area contributed by atoms with Gasteiger partial charge in [-0.2, -0.15) is 0 Å². The molecule has 4 rings (SSSR count). The molecule has 0 aromatic carbocycles. The smallest absolute Gasteiger partial charge is 0.0373 e. The fourth-order valence-electron chi connectivity index (χ4n) is 7.37.